The molecule has 0 saturated carbocycles. The Morgan fingerprint density at radius 3 is 2.72 bits per heavy atom. The first kappa shape index (κ1) is 19.8. The molecular formula is C22H23N3O2S2. The van der Waals surface area contributed by atoms with Crippen molar-refractivity contribution in [2.45, 2.75) is 38.5 Å². The van der Waals surface area contributed by atoms with Gasteiger partial charge in [-0.15, -0.1) is 22.7 Å². The summed E-state index contributed by atoms with van der Waals surface area (Å²) in [7, 11) is 0. The van der Waals surface area contributed by atoms with E-state index in [0.29, 0.717) is 22.7 Å². The molecule has 29 heavy (non-hydrogen) atoms. The smallest absolute Gasteiger partial charge is 0.265 e. The zero-order valence-electron chi connectivity index (χ0n) is 16.1. The van der Waals surface area contributed by atoms with E-state index in [0.717, 1.165) is 25.7 Å². The van der Waals surface area contributed by atoms with Crippen molar-refractivity contribution in [3.63, 3.8) is 0 Å². The number of benzene rings is 1. The number of nitrogens with one attached hydrogen (secondary N) is 2. The number of carbonyl (C=O) groups is 2. The highest BCUT2D eigenvalue weighted by molar-refractivity contribution is 7.12. The lowest BCUT2D eigenvalue weighted by atomic mass is 10.0. The second kappa shape index (κ2) is 9.33. The molecule has 2 heterocycles. The quantitative estimate of drug-likeness (QED) is 0.539. The minimum absolute atomic E-state index is 0.175. The van der Waals surface area contributed by atoms with E-state index in [1.165, 1.54) is 39.8 Å². The van der Waals surface area contributed by atoms with E-state index < -0.39 is 0 Å². The van der Waals surface area contributed by atoms with Gasteiger partial charge in [-0.05, 0) is 55.7 Å². The maximum Gasteiger partial charge on any atom is 0.265 e. The number of thiophene rings is 1. The Kier molecular flexibility index (Phi) is 6.36. The van der Waals surface area contributed by atoms with Crippen molar-refractivity contribution in [3.8, 4) is 0 Å². The molecule has 0 fully saturated rings. The number of nitrogens with zero attached hydrogens (tertiary/aromatic N) is 1. The summed E-state index contributed by atoms with van der Waals surface area (Å²) in [6, 6.07) is 10.7. The molecule has 0 spiro atoms. The van der Waals surface area contributed by atoms with Crippen molar-refractivity contribution < 1.29 is 9.59 Å². The average Bonchev–Trinajstić information content (AvgIpc) is 3.41. The van der Waals surface area contributed by atoms with Gasteiger partial charge in [0.1, 0.15) is 0 Å². The molecule has 150 valence electrons. The third kappa shape index (κ3) is 4.92. The Balaban J connectivity index is 1.30. The van der Waals surface area contributed by atoms with Gasteiger partial charge in [-0.2, -0.15) is 0 Å². The van der Waals surface area contributed by atoms with Gasteiger partial charge in [-0.3, -0.25) is 9.59 Å². The highest BCUT2D eigenvalue weighted by Gasteiger charge is 2.16. The van der Waals surface area contributed by atoms with E-state index in [1.807, 2.05) is 28.8 Å². The van der Waals surface area contributed by atoms with Crippen molar-refractivity contribution >= 4 is 40.2 Å². The van der Waals surface area contributed by atoms with Crippen molar-refractivity contribution in [1.29, 1.82) is 0 Å². The number of para-hydroxylation sites is 1. The minimum Gasteiger partial charge on any atom is -0.352 e. The second-order valence-electron chi connectivity index (χ2n) is 7.02. The van der Waals surface area contributed by atoms with Crippen molar-refractivity contribution in [2.24, 2.45) is 0 Å². The summed E-state index contributed by atoms with van der Waals surface area (Å²) >= 11 is 3.20. The van der Waals surface area contributed by atoms with Gasteiger partial charge in [0.05, 0.1) is 26.8 Å². The Morgan fingerprint density at radius 2 is 1.90 bits per heavy atom. The fourth-order valence-electron chi connectivity index (χ4n) is 3.43. The second-order valence-corrected chi connectivity index (χ2v) is 9.14. The molecule has 2 N–H and O–H groups in total. The van der Waals surface area contributed by atoms with Gasteiger partial charge in [-0.25, -0.2) is 4.98 Å². The molecule has 0 unspecified atom stereocenters. The first-order chi connectivity index (χ1) is 14.2. The third-order valence-corrected chi connectivity index (χ3v) is 6.99. The van der Waals surface area contributed by atoms with Crippen molar-refractivity contribution in [1.82, 2.24) is 10.3 Å². The van der Waals surface area contributed by atoms with Crippen LogP contribution in [0.25, 0.3) is 0 Å². The lowest BCUT2D eigenvalue weighted by Gasteiger charge is -2.11. The van der Waals surface area contributed by atoms with Gasteiger partial charge in [0.2, 0.25) is 0 Å². The van der Waals surface area contributed by atoms with E-state index in [4.69, 9.17) is 4.98 Å². The molecule has 2 amide bonds. The van der Waals surface area contributed by atoms with Gasteiger partial charge in [0.25, 0.3) is 11.8 Å². The predicted molar refractivity (Wildman–Crippen MR) is 118 cm³/mol. The van der Waals surface area contributed by atoms with Crippen molar-refractivity contribution in [2.75, 3.05) is 11.9 Å². The Hall–Kier alpha value is -2.51. The largest absolute Gasteiger partial charge is 0.352 e. The van der Waals surface area contributed by atoms with Crippen LogP contribution in [-0.4, -0.2) is 23.3 Å². The number of carbonyl (C=O) groups excluding carboxylic acids is 2. The number of amides is 2. The molecule has 0 saturated heterocycles. The monoisotopic (exact) mass is 425 g/mol. The number of fused-ring (bicyclic) bond motifs is 1. The number of rotatable bonds is 7. The van der Waals surface area contributed by atoms with Gasteiger partial charge in [-0.1, -0.05) is 18.2 Å². The topological polar surface area (TPSA) is 71.1 Å². The van der Waals surface area contributed by atoms with Gasteiger partial charge >= 0.3 is 0 Å². The zero-order chi connectivity index (χ0) is 20.1. The molecule has 0 bridgehead atoms. The Morgan fingerprint density at radius 1 is 1.03 bits per heavy atom. The van der Waals surface area contributed by atoms with E-state index in [1.54, 1.807) is 24.3 Å². The maximum atomic E-state index is 12.6. The van der Waals surface area contributed by atoms with Crippen LogP contribution < -0.4 is 10.6 Å². The number of anilines is 1. The summed E-state index contributed by atoms with van der Waals surface area (Å²) in [5.41, 5.74) is 2.29. The molecule has 2 aromatic heterocycles. The van der Waals surface area contributed by atoms with Gasteiger partial charge in [0, 0.05) is 17.8 Å². The van der Waals surface area contributed by atoms with Crippen LogP contribution in [0, 0.1) is 0 Å². The molecule has 4 rings (SSSR count). The van der Waals surface area contributed by atoms with E-state index in [-0.39, 0.29) is 11.8 Å². The number of thiazole rings is 1. The predicted octanol–water partition coefficient (Wildman–Crippen LogP) is 4.70. The van der Waals surface area contributed by atoms with Crippen LogP contribution in [0.1, 0.15) is 54.9 Å². The Bertz CT molecular complexity index is 972. The Labute approximate surface area is 178 Å². The van der Waals surface area contributed by atoms with E-state index >= 15 is 0 Å². The highest BCUT2D eigenvalue weighted by Crippen LogP contribution is 2.27. The summed E-state index contributed by atoms with van der Waals surface area (Å²) in [4.78, 5) is 31.8. The summed E-state index contributed by atoms with van der Waals surface area (Å²) in [5, 5.41) is 8.84. The summed E-state index contributed by atoms with van der Waals surface area (Å²) in [5.74, 6) is -0.376. The number of aryl methyl sites for hydroxylation is 3. The molecule has 1 aliphatic rings. The number of hydrogen-bond acceptors (Lipinski definition) is 5. The standard InChI is InChI=1S/C22H23N3O2S2/c26-21(23-13-5-12-20-24-17-9-3-4-10-18(17)29-20)15-7-1-2-8-16(15)25-22(27)19-11-6-14-28-19/h1-2,6-8,11,14H,3-5,9-10,12-13H2,(H,23,26)(H,25,27). The maximum absolute atomic E-state index is 12.6. The van der Waals surface area contributed by atoms with Crippen LogP contribution in [0.4, 0.5) is 5.69 Å². The first-order valence-corrected chi connectivity index (χ1v) is 11.6. The highest BCUT2D eigenvalue weighted by atomic mass is 32.1. The molecule has 1 aliphatic carbocycles. The van der Waals surface area contributed by atoms with Crippen LogP contribution in [0.5, 0.6) is 0 Å². The molecule has 0 atom stereocenters. The first-order valence-electron chi connectivity index (χ1n) is 9.90. The van der Waals surface area contributed by atoms with E-state index in [2.05, 4.69) is 10.6 Å². The zero-order valence-corrected chi connectivity index (χ0v) is 17.7. The van der Waals surface area contributed by atoms with Crippen LogP contribution >= 0.6 is 22.7 Å². The number of hydrogen-bond donors (Lipinski definition) is 2. The third-order valence-electron chi connectivity index (χ3n) is 4.91. The van der Waals surface area contributed by atoms with Crippen LogP contribution in [0.15, 0.2) is 41.8 Å². The molecule has 1 aromatic carbocycles. The summed E-state index contributed by atoms with van der Waals surface area (Å²) in [6.45, 7) is 0.580. The summed E-state index contributed by atoms with van der Waals surface area (Å²) < 4.78 is 0. The van der Waals surface area contributed by atoms with Gasteiger partial charge in [0.15, 0.2) is 0 Å². The number of aromatic nitrogens is 1. The minimum atomic E-state index is -0.201. The van der Waals surface area contributed by atoms with Crippen molar-refractivity contribution in [3.05, 3.63) is 67.8 Å². The molecular weight excluding hydrogens is 402 g/mol. The normalized spacial score (nSPS) is 13.0. The van der Waals surface area contributed by atoms with Crippen LogP contribution in [0.3, 0.4) is 0 Å². The summed E-state index contributed by atoms with van der Waals surface area (Å²) in [6.07, 6.45) is 6.52. The van der Waals surface area contributed by atoms with Gasteiger partial charge < -0.3 is 10.6 Å². The fourth-order valence-corrected chi connectivity index (χ4v) is 5.25. The fraction of sp³-hybridized carbons (Fsp3) is 0.318. The SMILES string of the molecule is O=C(Nc1ccccc1C(=O)NCCCc1nc2c(s1)CCCC2)c1cccs1. The molecule has 0 aliphatic heterocycles. The molecule has 7 heteroatoms. The van der Waals surface area contributed by atoms with Crippen LogP contribution in [0.2, 0.25) is 0 Å². The molecule has 5 nitrogen and oxygen atoms in total. The molecule has 3 aromatic rings. The molecule has 0 radical (unpaired) electrons. The lowest BCUT2D eigenvalue weighted by Crippen LogP contribution is -2.26. The van der Waals surface area contributed by atoms with Crippen LogP contribution in [-0.2, 0) is 19.3 Å². The van der Waals surface area contributed by atoms with E-state index in [9.17, 15) is 9.59 Å². The average molecular weight is 426 g/mol. The lowest BCUT2D eigenvalue weighted by molar-refractivity contribution is 0.0954.